The van der Waals surface area contributed by atoms with E-state index in [1.807, 2.05) is 6.07 Å². The Balaban J connectivity index is 2.17. The second kappa shape index (κ2) is 3.70. The molecule has 0 aromatic carbocycles. The lowest BCUT2D eigenvalue weighted by Gasteiger charge is -2.40. The van der Waals surface area contributed by atoms with Gasteiger partial charge in [-0.3, -0.25) is 0 Å². The molecule has 1 saturated carbocycles. The maximum absolute atomic E-state index is 8.27. The van der Waals surface area contributed by atoms with Gasteiger partial charge in [-0.1, -0.05) is 0 Å². The van der Waals surface area contributed by atoms with E-state index in [9.17, 15) is 0 Å². The molecule has 0 aromatic heterocycles. The van der Waals surface area contributed by atoms with Crippen molar-refractivity contribution in [3.05, 3.63) is 0 Å². The Hall–Kier alpha value is -0.590. The Bertz CT molecular complexity index is 152. The van der Waals surface area contributed by atoms with E-state index in [1.165, 1.54) is 6.42 Å². The van der Waals surface area contributed by atoms with Crippen molar-refractivity contribution in [1.82, 2.24) is 5.32 Å². The number of nitriles is 1. The zero-order valence-electron chi connectivity index (χ0n) is 6.89. The molecular weight excluding hydrogens is 140 g/mol. The van der Waals surface area contributed by atoms with Crippen LogP contribution < -0.4 is 5.32 Å². The quantitative estimate of drug-likeness (QED) is 0.478. The van der Waals surface area contributed by atoms with Crippen LogP contribution in [0.3, 0.4) is 0 Å². The minimum atomic E-state index is 0.0524. The summed E-state index contributed by atoms with van der Waals surface area (Å²) in [6.07, 6.45) is 3.51. The van der Waals surface area contributed by atoms with Crippen molar-refractivity contribution in [3.63, 3.8) is 0 Å². The summed E-state index contributed by atoms with van der Waals surface area (Å²) in [5.74, 6) is 0. The third-order valence-corrected chi connectivity index (χ3v) is 2.35. The van der Waals surface area contributed by atoms with Crippen molar-refractivity contribution in [1.29, 1.82) is 5.26 Å². The number of nitrogens with one attached hydrogen (secondary N) is 1. The van der Waals surface area contributed by atoms with Crippen LogP contribution in [0.5, 0.6) is 0 Å². The Labute approximate surface area is 67.3 Å². The van der Waals surface area contributed by atoms with Crippen LogP contribution in [0.25, 0.3) is 0 Å². The first-order valence-corrected chi connectivity index (χ1v) is 3.96. The second-order valence-corrected chi connectivity index (χ2v) is 3.00. The number of hydrogen-bond acceptors (Lipinski definition) is 3. The molecule has 0 unspecified atom stereocenters. The highest BCUT2D eigenvalue weighted by atomic mass is 16.5. The first-order chi connectivity index (χ1) is 5.33. The average Bonchev–Trinajstić information content (AvgIpc) is 1.95. The van der Waals surface area contributed by atoms with Crippen molar-refractivity contribution in [2.24, 2.45) is 0 Å². The van der Waals surface area contributed by atoms with E-state index in [0.717, 1.165) is 19.4 Å². The topological polar surface area (TPSA) is 45.0 Å². The van der Waals surface area contributed by atoms with Gasteiger partial charge in [0.1, 0.15) is 0 Å². The van der Waals surface area contributed by atoms with Gasteiger partial charge in [-0.25, -0.2) is 0 Å². The summed E-state index contributed by atoms with van der Waals surface area (Å²) in [4.78, 5) is 0. The Morgan fingerprint density at radius 3 is 2.73 bits per heavy atom. The minimum absolute atomic E-state index is 0.0524. The number of hydrogen-bond donors (Lipinski definition) is 1. The molecule has 3 nitrogen and oxygen atoms in total. The lowest BCUT2D eigenvalue weighted by molar-refractivity contribution is -0.0687. The second-order valence-electron chi connectivity index (χ2n) is 3.00. The summed E-state index contributed by atoms with van der Waals surface area (Å²) in [5, 5.41) is 11.3. The van der Waals surface area contributed by atoms with Crippen molar-refractivity contribution in [3.8, 4) is 6.07 Å². The van der Waals surface area contributed by atoms with E-state index >= 15 is 0 Å². The fraction of sp³-hybridized carbons (Fsp3) is 0.875. The lowest BCUT2D eigenvalue weighted by Crippen LogP contribution is -2.48. The van der Waals surface area contributed by atoms with Gasteiger partial charge in [0.05, 0.1) is 18.2 Å². The minimum Gasteiger partial charge on any atom is -0.377 e. The van der Waals surface area contributed by atoms with Crippen molar-refractivity contribution >= 4 is 0 Å². The van der Waals surface area contributed by atoms with Crippen LogP contribution in [0, 0.1) is 11.3 Å². The molecule has 1 aliphatic carbocycles. The molecule has 3 heteroatoms. The predicted octanol–water partition coefficient (Wildman–Crippen LogP) is 0.669. The van der Waals surface area contributed by atoms with E-state index in [-0.39, 0.29) is 5.60 Å². The van der Waals surface area contributed by atoms with Crippen LogP contribution in [0.1, 0.15) is 19.3 Å². The van der Waals surface area contributed by atoms with E-state index in [2.05, 4.69) is 5.32 Å². The fourth-order valence-corrected chi connectivity index (χ4v) is 1.37. The molecule has 0 spiro atoms. The van der Waals surface area contributed by atoms with Gasteiger partial charge >= 0.3 is 0 Å². The maximum Gasteiger partial charge on any atom is 0.0841 e. The number of nitrogens with zero attached hydrogens (tertiary/aromatic N) is 1. The summed E-state index contributed by atoms with van der Waals surface area (Å²) in [6.45, 7) is 1.24. The standard InChI is InChI=1S/C8H14N2O/c1-11-8(3-2-4-8)7-10-6-5-9/h10H,2-4,6-7H2,1H3. The summed E-state index contributed by atoms with van der Waals surface area (Å²) in [6, 6.07) is 2.05. The first-order valence-electron chi connectivity index (χ1n) is 3.96. The van der Waals surface area contributed by atoms with Crippen LogP contribution in [-0.4, -0.2) is 25.8 Å². The molecule has 1 rings (SSSR count). The lowest BCUT2D eigenvalue weighted by atomic mass is 9.80. The smallest absolute Gasteiger partial charge is 0.0841 e. The van der Waals surface area contributed by atoms with Gasteiger partial charge in [-0.05, 0) is 19.3 Å². The Kier molecular flexibility index (Phi) is 2.86. The van der Waals surface area contributed by atoms with Crippen LogP contribution >= 0.6 is 0 Å². The molecule has 11 heavy (non-hydrogen) atoms. The van der Waals surface area contributed by atoms with E-state index in [0.29, 0.717) is 6.54 Å². The van der Waals surface area contributed by atoms with Crippen LogP contribution in [0.4, 0.5) is 0 Å². The molecular formula is C8H14N2O. The van der Waals surface area contributed by atoms with Crippen LogP contribution in [-0.2, 0) is 4.74 Å². The summed E-state index contributed by atoms with van der Waals surface area (Å²) in [7, 11) is 1.74. The largest absolute Gasteiger partial charge is 0.377 e. The molecule has 0 radical (unpaired) electrons. The fourth-order valence-electron chi connectivity index (χ4n) is 1.37. The van der Waals surface area contributed by atoms with Gasteiger partial charge in [0.15, 0.2) is 0 Å². The molecule has 0 atom stereocenters. The van der Waals surface area contributed by atoms with Crippen LogP contribution in [0.15, 0.2) is 0 Å². The summed E-state index contributed by atoms with van der Waals surface area (Å²) < 4.78 is 5.35. The maximum atomic E-state index is 8.27. The molecule has 0 heterocycles. The van der Waals surface area contributed by atoms with Crippen LogP contribution in [0.2, 0.25) is 0 Å². The molecule has 0 aromatic rings. The van der Waals surface area contributed by atoms with Gasteiger partial charge in [0.2, 0.25) is 0 Å². The SMILES string of the molecule is COC1(CNCC#N)CCC1. The number of methoxy groups -OCH3 is 1. The Morgan fingerprint density at radius 1 is 1.64 bits per heavy atom. The molecule has 1 fully saturated rings. The monoisotopic (exact) mass is 154 g/mol. The summed E-state index contributed by atoms with van der Waals surface area (Å²) in [5.41, 5.74) is 0.0524. The molecule has 1 aliphatic rings. The normalized spacial score (nSPS) is 20.4. The van der Waals surface area contributed by atoms with Crippen molar-refractivity contribution < 1.29 is 4.74 Å². The molecule has 0 aliphatic heterocycles. The molecule has 62 valence electrons. The van der Waals surface area contributed by atoms with Crippen molar-refractivity contribution in [2.75, 3.05) is 20.2 Å². The first kappa shape index (κ1) is 8.51. The zero-order chi connectivity index (χ0) is 8.16. The highest BCUT2D eigenvalue weighted by molar-refractivity contribution is 4.92. The van der Waals surface area contributed by atoms with E-state index in [1.54, 1.807) is 7.11 Å². The third-order valence-electron chi connectivity index (χ3n) is 2.35. The summed E-state index contributed by atoms with van der Waals surface area (Å²) >= 11 is 0. The van der Waals surface area contributed by atoms with Gasteiger partial charge < -0.3 is 10.1 Å². The van der Waals surface area contributed by atoms with Crippen molar-refractivity contribution in [2.45, 2.75) is 24.9 Å². The highest BCUT2D eigenvalue weighted by Gasteiger charge is 2.36. The zero-order valence-corrected chi connectivity index (χ0v) is 6.89. The molecule has 0 amide bonds. The molecule has 0 saturated heterocycles. The van der Waals surface area contributed by atoms with E-state index in [4.69, 9.17) is 10.00 Å². The van der Waals surface area contributed by atoms with Gasteiger partial charge in [0, 0.05) is 13.7 Å². The van der Waals surface area contributed by atoms with E-state index < -0.39 is 0 Å². The highest BCUT2D eigenvalue weighted by Crippen LogP contribution is 2.33. The predicted molar refractivity (Wildman–Crippen MR) is 42.1 cm³/mol. The average molecular weight is 154 g/mol. The molecule has 1 N–H and O–H groups in total. The number of ether oxygens (including phenoxy) is 1. The van der Waals surface area contributed by atoms with Gasteiger partial charge in [-0.15, -0.1) is 0 Å². The molecule has 0 bridgehead atoms. The van der Waals surface area contributed by atoms with Gasteiger partial charge in [-0.2, -0.15) is 5.26 Å². The Morgan fingerprint density at radius 2 is 2.36 bits per heavy atom. The third kappa shape index (κ3) is 1.92. The number of rotatable bonds is 4. The van der Waals surface area contributed by atoms with Gasteiger partial charge in [0.25, 0.3) is 0 Å².